The summed E-state index contributed by atoms with van der Waals surface area (Å²) >= 11 is 0. The van der Waals surface area contributed by atoms with Gasteiger partial charge in [0, 0.05) is 0 Å². The van der Waals surface area contributed by atoms with E-state index in [1.807, 2.05) is 6.08 Å². The smallest absolute Gasteiger partial charge is 0.395 e. The molecular formula is C5H9O2P. The van der Waals surface area contributed by atoms with E-state index in [1.54, 1.807) is 0 Å². The van der Waals surface area contributed by atoms with Crippen LogP contribution in [0.25, 0.3) is 0 Å². The second kappa shape index (κ2) is 6.64. The Morgan fingerprint density at radius 3 is 3.00 bits per heavy atom. The van der Waals surface area contributed by atoms with Gasteiger partial charge in [0.15, 0.2) is 0 Å². The summed E-state index contributed by atoms with van der Waals surface area (Å²) in [6, 6.07) is 0. The standard InChI is InChI=1S/C5H9O2P/c1-2-3-4-5-7-8-6/h4-5H,2-3H2,1H3. The van der Waals surface area contributed by atoms with Crippen LogP contribution < -0.4 is 0 Å². The maximum absolute atomic E-state index is 9.59. The molecule has 0 amide bonds. The van der Waals surface area contributed by atoms with Gasteiger partial charge in [0.1, 0.15) is 0 Å². The zero-order valence-corrected chi connectivity index (χ0v) is 5.73. The van der Waals surface area contributed by atoms with E-state index in [9.17, 15) is 4.57 Å². The normalized spacial score (nSPS) is 10.6. The molecular weight excluding hydrogens is 123 g/mol. The molecule has 46 valence electrons. The van der Waals surface area contributed by atoms with Crippen LogP contribution >= 0.6 is 8.69 Å². The van der Waals surface area contributed by atoms with E-state index in [4.69, 9.17) is 0 Å². The largest absolute Gasteiger partial charge is 0.416 e. The number of unbranched alkanes of at least 4 members (excludes halogenated alkanes) is 1. The van der Waals surface area contributed by atoms with E-state index in [-0.39, 0.29) is 8.69 Å². The summed E-state index contributed by atoms with van der Waals surface area (Å²) in [6.07, 6.45) is 5.36. The van der Waals surface area contributed by atoms with Gasteiger partial charge in [-0.2, -0.15) is 0 Å². The van der Waals surface area contributed by atoms with Crippen LogP contribution in [0.15, 0.2) is 12.3 Å². The van der Waals surface area contributed by atoms with Gasteiger partial charge < -0.3 is 4.52 Å². The lowest BCUT2D eigenvalue weighted by molar-refractivity contribution is 0.481. The van der Waals surface area contributed by atoms with Crippen molar-refractivity contribution in [3.05, 3.63) is 12.3 Å². The lowest BCUT2D eigenvalue weighted by Crippen LogP contribution is -1.60. The molecule has 0 atom stereocenters. The Morgan fingerprint density at radius 1 is 1.75 bits per heavy atom. The minimum Gasteiger partial charge on any atom is -0.416 e. The van der Waals surface area contributed by atoms with Crippen LogP contribution in [0.2, 0.25) is 0 Å². The SMILES string of the molecule is CCCC=COP=O. The molecule has 0 fully saturated rings. The van der Waals surface area contributed by atoms with Gasteiger partial charge in [-0.3, -0.25) is 0 Å². The van der Waals surface area contributed by atoms with E-state index in [0.717, 1.165) is 12.8 Å². The Bertz CT molecular complexity index is 80.5. The maximum atomic E-state index is 9.59. The second-order valence-corrected chi connectivity index (χ2v) is 1.70. The molecule has 0 aliphatic carbocycles. The molecule has 3 heteroatoms. The highest BCUT2D eigenvalue weighted by atomic mass is 31.1. The van der Waals surface area contributed by atoms with E-state index in [1.165, 1.54) is 6.26 Å². The van der Waals surface area contributed by atoms with Crippen LogP contribution in [0.1, 0.15) is 19.8 Å². The van der Waals surface area contributed by atoms with Crippen molar-refractivity contribution in [3.8, 4) is 0 Å². The molecule has 0 saturated heterocycles. The molecule has 0 aliphatic rings. The lowest BCUT2D eigenvalue weighted by atomic mass is 10.3. The summed E-state index contributed by atoms with van der Waals surface area (Å²) in [5, 5.41) is 0. The summed E-state index contributed by atoms with van der Waals surface area (Å²) in [5.74, 6) is 0. The van der Waals surface area contributed by atoms with E-state index < -0.39 is 0 Å². The molecule has 2 nitrogen and oxygen atoms in total. The summed E-state index contributed by atoms with van der Waals surface area (Å²) in [4.78, 5) is 0. The molecule has 0 rings (SSSR count). The van der Waals surface area contributed by atoms with Crippen molar-refractivity contribution in [2.75, 3.05) is 0 Å². The molecule has 0 aliphatic heterocycles. The van der Waals surface area contributed by atoms with Crippen LogP contribution in [-0.4, -0.2) is 0 Å². The van der Waals surface area contributed by atoms with Crippen molar-refractivity contribution in [3.63, 3.8) is 0 Å². The summed E-state index contributed by atoms with van der Waals surface area (Å²) in [7, 11) is -0.276. The summed E-state index contributed by atoms with van der Waals surface area (Å²) < 4.78 is 14.0. The summed E-state index contributed by atoms with van der Waals surface area (Å²) in [6.45, 7) is 2.07. The Kier molecular flexibility index (Phi) is 6.34. The van der Waals surface area contributed by atoms with Crippen molar-refractivity contribution < 1.29 is 9.09 Å². The Balaban J connectivity index is 2.94. The number of hydrogen-bond acceptors (Lipinski definition) is 2. The van der Waals surface area contributed by atoms with Crippen LogP contribution in [0, 0.1) is 0 Å². The molecule has 0 aromatic carbocycles. The van der Waals surface area contributed by atoms with Crippen LogP contribution in [-0.2, 0) is 9.09 Å². The van der Waals surface area contributed by atoms with E-state index in [2.05, 4.69) is 11.4 Å². The Morgan fingerprint density at radius 2 is 2.50 bits per heavy atom. The molecule has 0 spiro atoms. The topological polar surface area (TPSA) is 26.3 Å². The third-order valence-corrected chi connectivity index (χ3v) is 0.863. The molecule has 0 N–H and O–H groups in total. The quantitative estimate of drug-likeness (QED) is 0.434. The van der Waals surface area contributed by atoms with E-state index in [0.29, 0.717) is 0 Å². The molecule has 0 aromatic heterocycles. The number of rotatable bonds is 4. The molecule has 0 heterocycles. The van der Waals surface area contributed by atoms with Crippen molar-refractivity contribution >= 4 is 8.69 Å². The Labute approximate surface area is 50.8 Å². The zero-order chi connectivity index (χ0) is 6.24. The molecule has 0 radical (unpaired) electrons. The fourth-order valence-corrected chi connectivity index (χ4v) is 0.438. The molecule has 0 bridgehead atoms. The maximum Gasteiger partial charge on any atom is 0.395 e. The van der Waals surface area contributed by atoms with Crippen LogP contribution in [0.4, 0.5) is 0 Å². The minimum absolute atomic E-state index is 0.276. The zero-order valence-electron chi connectivity index (χ0n) is 4.83. The van der Waals surface area contributed by atoms with Gasteiger partial charge >= 0.3 is 8.69 Å². The first-order valence-electron chi connectivity index (χ1n) is 2.55. The molecule has 0 saturated carbocycles. The first kappa shape index (κ1) is 7.64. The van der Waals surface area contributed by atoms with Gasteiger partial charge in [0.05, 0.1) is 6.26 Å². The van der Waals surface area contributed by atoms with Gasteiger partial charge in [-0.15, -0.1) is 0 Å². The van der Waals surface area contributed by atoms with Gasteiger partial charge in [0.25, 0.3) is 0 Å². The Hall–Kier alpha value is -0.360. The molecule has 8 heavy (non-hydrogen) atoms. The fraction of sp³-hybridized carbons (Fsp3) is 0.600. The first-order valence-corrected chi connectivity index (χ1v) is 3.28. The van der Waals surface area contributed by atoms with Crippen LogP contribution in [0.3, 0.4) is 0 Å². The first-order chi connectivity index (χ1) is 3.91. The average molecular weight is 132 g/mol. The molecule has 0 aromatic rings. The lowest BCUT2D eigenvalue weighted by Gasteiger charge is -1.81. The van der Waals surface area contributed by atoms with Gasteiger partial charge in [0.2, 0.25) is 0 Å². The van der Waals surface area contributed by atoms with Gasteiger partial charge in [-0.1, -0.05) is 13.3 Å². The van der Waals surface area contributed by atoms with Crippen molar-refractivity contribution in [1.29, 1.82) is 0 Å². The fourth-order valence-electron chi connectivity index (χ4n) is 0.303. The van der Waals surface area contributed by atoms with Gasteiger partial charge in [-0.05, 0) is 12.5 Å². The minimum atomic E-state index is -0.276. The third-order valence-electron chi connectivity index (χ3n) is 0.655. The van der Waals surface area contributed by atoms with Crippen molar-refractivity contribution in [1.82, 2.24) is 0 Å². The number of allylic oxidation sites excluding steroid dienone is 1. The van der Waals surface area contributed by atoms with Gasteiger partial charge in [-0.25, -0.2) is 4.57 Å². The highest BCUT2D eigenvalue weighted by molar-refractivity contribution is 7.17. The monoisotopic (exact) mass is 132 g/mol. The van der Waals surface area contributed by atoms with Crippen molar-refractivity contribution in [2.45, 2.75) is 19.8 Å². The predicted molar refractivity (Wildman–Crippen MR) is 32.7 cm³/mol. The number of hydrogen-bond donors (Lipinski definition) is 0. The van der Waals surface area contributed by atoms with Crippen molar-refractivity contribution in [2.24, 2.45) is 0 Å². The van der Waals surface area contributed by atoms with Crippen LogP contribution in [0.5, 0.6) is 0 Å². The highest BCUT2D eigenvalue weighted by Gasteiger charge is 1.71. The predicted octanol–water partition coefficient (Wildman–Crippen LogP) is 2.52. The molecule has 0 unspecified atom stereocenters. The summed E-state index contributed by atoms with van der Waals surface area (Å²) in [5.41, 5.74) is 0. The van der Waals surface area contributed by atoms with E-state index >= 15 is 0 Å². The third kappa shape index (κ3) is 5.64. The second-order valence-electron chi connectivity index (χ2n) is 1.34. The average Bonchev–Trinajstić information content (AvgIpc) is 1.81. The highest BCUT2D eigenvalue weighted by Crippen LogP contribution is 1.96.